The average Bonchev–Trinajstić information content (AvgIpc) is 2.78. The van der Waals surface area contributed by atoms with Crippen molar-refractivity contribution >= 4 is 21.4 Å². The molecule has 0 spiro atoms. The summed E-state index contributed by atoms with van der Waals surface area (Å²) >= 11 is 4.69. The Morgan fingerprint density at radius 3 is 1.08 bits per heavy atom. The van der Waals surface area contributed by atoms with Gasteiger partial charge in [0.1, 0.15) is 0 Å². The zero-order valence-electron chi connectivity index (χ0n) is 17.4. The summed E-state index contributed by atoms with van der Waals surface area (Å²) in [6.07, 6.45) is 0. The van der Waals surface area contributed by atoms with Gasteiger partial charge in [0.25, 0.3) is 0 Å². The molecule has 4 nitrogen and oxygen atoms in total. The van der Waals surface area contributed by atoms with Crippen LogP contribution in [0.15, 0.2) is 0 Å². The summed E-state index contributed by atoms with van der Waals surface area (Å²) in [5.41, 5.74) is 0.467. The van der Waals surface area contributed by atoms with Crippen molar-refractivity contribution in [2.24, 2.45) is 0 Å². The molecule has 3 saturated heterocycles. The van der Waals surface area contributed by atoms with Crippen LogP contribution in [0.5, 0.6) is 0 Å². The first-order valence-corrected chi connectivity index (χ1v) is 13.6. The molecule has 24 heavy (non-hydrogen) atoms. The van der Waals surface area contributed by atoms with Crippen LogP contribution in [-0.4, -0.2) is 74.2 Å². The van der Waals surface area contributed by atoms with Crippen molar-refractivity contribution in [2.45, 2.75) is 78.9 Å². The van der Waals surface area contributed by atoms with E-state index in [1.54, 1.807) is 0 Å². The molecule has 0 radical (unpaired) electrons. The molecule has 0 unspecified atom stereocenters. The number of hydrogen-bond acceptors (Lipinski definition) is 3. The molecular formula is C18H39BrN4P+. The van der Waals surface area contributed by atoms with E-state index in [1.807, 2.05) is 0 Å². The van der Waals surface area contributed by atoms with Crippen molar-refractivity contribution in [1.29, 1.82) is 0 Å². The topological polar surface area (TPSA) is 9.72 Å². The summed E-state index contributed by atoms with van der Waals surface area (Å²) < 4.78 is 9.97. The van der Waals surface area contributed by atoms with Gasteiger partial charge in [-0.2, -0.15) is 0 Å². The molecule has 3 fully saturated rings. The molecule has 142 valence electrons. The zero-order chi connectivity index (χ0) is 18.4. The number of rotatable bonds is 0. The Hall–Kier alpha value is 0.750. The monoisotopic (exact) mass is 421 g/mol. The van der Waals surface area contributed by atoms with Gasteiger partial charge < -0.3 is 0 Å². The molecule has 3 aliphatic heterocycles. The second-order valence-electron chi connectivity index (χ2n) is 11.0. The molecule has 6 heteroatoms. The quantitative estimate of drug-likeness (QED) is 0.526. The summed E-state index contributed by atoms with van der Waals surface area (Å²) in [5, 5.41) is 0. The van der Waals surface area contributed by atoms with Crippen LogP contribution in [0.3, 0.4) is 0 Å². The minimum atomic E-state index is -2.65. The SMILES string of the molecule is CC(C)(C)N1CC[N+]23CCN(C(C)(C)C)P12(Br)N(C(C)(C)C)CC3. The fraction of sp³-hybridized carbons (Fsp3) is 1.00. The molecule has 0 amide bonds. The third kappa shape index (κ3) is 2.03. The number of quaternary nitrogens is 1. The van der Waals surface area contributed by atoms with Crippen LogP contribution in [0.25, 0.3) is 0 Å². The van der Waals surface area contributed by atoms with E-state index in [0.717, 1.165) is 0 Å². The van der Waals surface area contributed by atoms with Gasteiger partial charge in [-0.3, -0.25) is 0 Å². The van der Waals surface area contributed by atoms with Crippen LogP contribution in [0.4, 0.5) is 0 Å². The third-order valence-corrected chi connectivity index (χ3v) is 18.9. The van der Waals surface area contributed by atoms with E-state index in [2.05, 4.69) is 91.8 Å². The Morgan fingerprint density at radius 1 is 0.625 bits per heavy atom. The fourth-order valence-electron chi connectivity index (χ4n) is 5.84. The first-order chi connectivity index (χ1) is 10.6. The summed E-state index contributed by atoms with van der Waals surface area (Å²) in [4.78, 5) is 0. The molecule has 0 bridgehead atoms. The fourth-order valence-corrected chi connectivity index (χ4v) is 20.8. The second-order valence-corrected chi connectivity index (χ2v) is 18.8. The first-order valence-electron chi connectivity index (χ1n) is 9.54. The van der Waals surface area contributed by atoms with E-state index in [4.69, 9.17) is 0 Å². The molecule has 3 rings (SSSR count). The van der Waals surface area contributed by atoms with E-state index in [-0.39, 0.29) is 16.6 Å². The van der Waals surface area contributed by atoms with Crippen LogP contribution < -0.4 is 0 Å². The van der Waals surface area contributed by atoms with Crippen molar-refractivity contribution in [1.82, 2.24) is 14.0 Å². The Labute approximate surface area is 158 Å². The van der Waals surface area contributed by atoms with Gasteiger partial charge in [-0.05, 0) is 0 Å². The van der Waals surface area contributed by atoms with Gasteiger partial charge in [-0.15, -0.1) is 0 Å². The number of nitrogens with zero attached hydrogens (tertiary/aromatic N) is 4. The molecule has 0 aromatic heterocycles. The van der Waals surface area contributed by atoms with Gasteiger partial charge in [0.05, 0.1) is 0 Å². The van der Waals surface area contributed by atoms with Crippen molar-refractivity contribution in [3.63, 3.8) is 0 Å². The molecule has 0 saturated carbocycles. The molecule has 0 aliphatic carbocycles. The number of hydrogen-bond donors (Lipinski definition) is 0. The van der Waals surface area contributed by atoms with E-state index in [1.165, 1.54) is 43.5 Å². The Balaban J connectivity index is 2.34. The maximum atomic E-state index is 4.69. The van der Waals surface area contributed by atoms with E-state index in [9.17, 15) is 0 Å². The molecule has 3 aliphatic rings. The van der Waals surface area contributed by atoms with Gasteiger partial charge in [-0.1, -0.05) is 0 Å². The van der Waals surface area contributed by atoms with Crippen molar-refractivity contribution in [3.8, 4) is 0 Å². The molecule has 0 aromatic carbocycles. The predicted molar refractivity (Wildman–Crippen MR) is 110 cm³/mol. The van der Waals surface area contributed by atoms with Gasteiger partial charge in [0, 0.05) is 0 Å². The van der Waals surface area contributed by atoms with Gasteiger partial charge >= 0.3 is 158 Å². The van der Waals surface area contributed by atoms with Crippen LogP contribution in [0.2, 0.25) is 0 Å². The minimum absolute atomic E-state index is 0.156. The molecular weight excluding hydrogens is 383 g/mol. The zero-order valence-corrected chi connectivity index (χ0v) is 19.8. The Bertz CT molecular complexity index is 473. The van der Waals surface area contributed by atoms with Crippen LogP contribution in [0, 0.1) is 0 Å². The summed E-state index contributed by atoms with van der Waals surface area (Å²) in [5.74, 6) is -2.65. The molecule has 3 heterocycles. The number of halogens is 1. The van der Waals surface area contributed by atoms with Gasteiger partial charge in [0.15, 0.2) is 0 Å². The average molecular weight is 422 g/mol. The molecule has 0 atom stereocenters. The van der Waals surface area contributed by atoms with Crippen LogP contribution in [-0.2, 0) is 0 Å². The van der Waals surface area contributed by atoms with E-state index in [0.29, 0.717) is 0 Å². The van der Waals surface area contributed by atoms with Gasteiger partial charge in [-0.25, -0.2) is 0 Å². The van der Waals surface area contributed by atoms with E-state index < -0.39 is 5.91 Å². The van der Waals surface area contributed by atoms with Gasteiger partial charge in [0.2, 0.25) is 0 Å². The molecule has 0 aromatic rings. The first kappa shape index (κ1) is 19.5. The molecule has 0 N–H and O–H groups in total. The summed E-state index contributed by atoms with van der Waals surface area (Å²) in [6.45, 7) is 29.2. The third-order valence-electron chi connectivity index (χ3n) is 6.48. The maximum absolute atomic E-state index is 4.69. The van der Waals surface area contributed by atoms with Crippen molar-refractivity contribution < 1.29 is 4.25 Å². The summed E-state index contributed by atoms with van der Waals surface area (Å²) in [7, 11) is 0. The standard InChI is InChI=1S/C18H39BrN4P/c1-16(2,3)20-10-13-23-14-11-21(17(4,5)6)24(20,23,19)22(12-15-23)18(7,8)9/h10-15H2,1-9H3/q+1. The normalized spacial score (nSPS) is 36.3. The Morgan fingerprint density at radius 2 is 0.875 bits per heavy atom. The van der Waals surface area contributed by atoms with E-state index >= 15 is 0 Å². The summed E-state index contributed by atoms with van der Waals surface area (Å²) in [6, 6.07) is 0. The second kappa shape index (κ2) is 4.97. The Kier molecular flexibility index (Phi) is 4.04. The predicted octanol–water partition coefficient (Wildman–Crippen LogP) is 4.67. The van der Waals surface area contributed by atoms with Crippen LogP contribution in [0.1, 0.15) is 62.3 Å². The van der Waals surface area contributed by atoms with Crippen molar-refractivity contribution in [3.05, 3.63) is 0 Å². The van der Waals surface area contributed by atoms with Crippen molar-refractivity contribution in [2.75, 3.05) is 39.3 Å². The van der Waals surface area contributed by atoms with Crippen LogP contribution >= 0.6 is 21.4 Å².